The molecule has 0 saturated heterocycles. The van der Waals surface area contributed by atoms with E-state index in [0.29, 0.717) is 0 Å². The highest BCUT2D eigenvalue weighted by atomic mass is 19.3. The van der Waals surface area contributed by atoms with Crippen LogP contribution in [-0.2, 0) is 15.1 Å². The van der Waals surface area contributed by atoms with Gasteiger partial charge in [-0.1, -0.05) is 24.3 Å². The Kier molecular flexibility index (Phi) is 3.76. The zero-order valence-electron chi connectivity index (χ0n) is 12.4. The van der Waals surface area contributed by atoms with Gasteiger partial charge in [-0.2, -0.15) is 8.78 Å². The molecule has 0 amide bonds. The molecule has 6 heteroatoms. The van der Waals surface area contributed by atoms with Gasteiger partial charge in [0.05, 0.1) is 0 Å². The standard InChI is InChI=1S/C16H16F2O4/c1-14(2,3)22-12(19)8-9-15(21)11-7-5-4-6-10(11)13(20)16(15,17)18/h4-7,13,20-21H,1-3H3/t13-,15+/m1/s1. The second kappa shape index (κ2) is 5.04. The quantitative estimate of drug-likeness (QED) is 0.436. The first-order valence-corrected chi connectivity index (χ1v) is 6.63. The summed E-state index contributed by atoms with van der Waals surface area (Å²) in [5.41, 5.74) is -4.11. The van der Waals surface area contributed by atoms with Crippen LogP contribution in [0.2, 0.25) is 0 Å². The molecular weight excluding hydrogens is 294 g/mol. The minimum absolute atomic E-state index is 0.117. The van der Waals surface area contributed by atoms with E-state index >= 15 is 0 Å². The van der Waals surface area contributed by atoms with Crippen molar-refractivity contribution < 1.29 is 28.5 Å². The van der Waals surface area contributed by atoms with Crippen LogP contribution in [0.25, 0.3) is 0 Å². The number of carbonyl (C=O) groups excluding carboxylic acids is 1. The molecule has 22 heavy (non-hydrogen) atoms. The second-order valence-electron chi connectivity index (χ2n) is 6.08. The average Bonchev–Trinajstić information content (AvgIpc) is 2.55. The maximum atomic E-state index is 14.2. The number of carbonyl (C=O) groups is 1. The third-order valence-electron chi connectivity index (χ3n) is 3.22. The highest BCUT2D eigenvalue weighted by Gasteiger charge is 2.65. The molecule has 0 aromatic heterocycles. The number of esters is 1. The maximum absolute atomic E-state index is 14.2. The Morgan fingerprint density at radius 2 is 1.91 bits per heavy atom. The fourth-order valence-corrected chi connectivity index (χ4v) is 2.23. The highest BCUT2D eigenvalue weighted by Crippen LogP contribution is 2.53. The summed E-state index contributed by atoms with van der Waals surface area (Å²) in [4.78, 5) is 11.5. The fraction of sp³-hybridized carbons (Fsp3) is 0.438. The molecule has 1 aliphatic carbocycles. The van der Waals surface area contributed by atoms with E-state index in [1.807, 2.05) is 11.8 Å². The number of alkyl halides is 2. The monoisotopic (exact) mass is 310 g/mol. The highest BCUT2D eigenvalue weighted by molar-refractivity contribution is 5.89. The van der Waals surface area contributed by atoms with E-state index < -0.39 is 29.2 Å². The van der Waals surface area contributed by atoms with Crippen LogP contribution in [0.15, 0.2) is 24.3 Å². The molecule has 0 unspecified atom stereocenters. The van der Waals surface area contributed by atoms with Gasteiger partial charge in [0, 0.05) is 11.5 Å². The number of hydrogen-bond donors (Lipinski definition) is 2. The molecule has 0 saturated carbocycles. The zero-order chi connectivity index (χ0) is 16.8. The summed E-state index contributed by atoms with van der Waals surface area (Å²) in [5.74, 6) is -1.21. The summed E-state index contributed by atoms with van der Waals surface area (Å²) in [5, 5.41) is 20.0. The minimum atomic E-state index is -3.94. The van der Waals surface area contributed by atoms with Gasteiger partial charge < -0.3 is 14.9 Å². The third-order valence-corrected chi connectivity index (χ3v) is 3.22. The summed E-state index contributed by atoms with van der Waals surface area (Å²) < 4.78 is 33.3. The number of aliphatic hydroxyl groups excluding tert-OH is 1. The summed E-state index contributed by atoms with van der Waals surface area (Å²) in [6.07, 6.45) is -2.19. The Bertz CT molecular complexity index is 667. The van der Waals surface area contributed by atoms with Crippen molar-refractivity contribution >= 4 is 5.97 Å². The van der Waals surface area contributed by atoms with Crippen molar-refractivity contribution in [1.29, 1.82) is 0 Å². The fourth-order valence-electron chi connectivity index (χ4n) is 2.23. The molecule has 0 fully saturated rings. The third kappa shape index (κ3) is 2.58. The number of fused-ring (bicyclic) bond motifs is 1. The second-order valence-corrected chi connectivity index (χ2v) is 6.08. The molecule has 2 atom stereocenters. The van der Waals surface area contributed by atoms with Crippen molar-refractivity contribution in [1.82, 2.24) is 0 Å². The first-order valence-electron chi connectivity index (χ1n) is 6.63. The van der Waals surface area contributed by atoms with Crippen molar-refractivity contribution in [3.05, 3.63) is 35.4 Å². The molecule has 0 spiro atoms. The van der Waals surface area contributed by atoms with Gasteiger partial charge in [-0.05, 0) is 32.3 Å². The van der Waals surface area contributed by atoms with Crippen LogP contribution in [0, 0.1) is 11.8 Å². The van der Waals surface area contributed by atoms with Crippen LogP contribution in [0.4, 0.5) is 8.78 Å². The lowest BCUT2D eigenvalue weighted by Crippen LogP contribution is -2.43. The first-order chi connectivity index (χ1) is 9.99. The topological polar surface area (TPSA) is 66.8 Å². The van der Waals surface area contributed by atoms with E-state index in [0.717, 1.165) is 0 Å². The van der Waals surface area contributed by atoms with Crippen molar-refractivity contribution in [2.75, 3.05) is 0 Å². The summed E-state index contributed by atoms with van der Waals surface area (Å²) >= 11 is 0. The SMILES string of the molecule is CC(C)(C)OC(=O)C#C[C@]1(O)c2ccccc2[C@@H](O)C1(F)F. The molecule has 1 aromatic rings. The van der Waals surface area contributed by atoms with Crippen LogP contribution in [0.1, 0.15) is 38.0 Å². The lowest BCUT2D eigenvalue weighted by atomic mass is 9.94. The number of hydrogen-bond acceptors (Lipinski definition) is 4. The van der Waals surface area contributed by atoms with Crippen molar-refractivity contribution in [2.45, 2.75) is 44.0 Å². The molecule has 0 bridgehead atoms. The zero-order valence-corrected chi connectivity index (χ0v) is 12.4. The van der Waals surface area contributed by atoms with Gasteiger partial charge >= 0.3 is 11.9 Å². The van der Waals surface area contributed by atoms with Crippen LogP contribution in [0.3, 0.4) is 0 Å². The Morgan fingerprint density at radius 3 is 2.50 bits per heavy atom. The number of rotatable bonds is 0. The molecule has 0 heterocycles. The molecule has 118 valence electrons. The number of ether oxygens (including phenoxy) is 1. The van der Waals surface area contributed by atoms with E-state index in [-0.39, 0.29) is 11.1 Å². The van der Waals surface area contributed by atoms with E-state index in [9.17, 15) is 23.8 Å². The van der Waals surface area contributed by atoms with Crippen LogP contribution >= 0.6 is 0 Å². The lowest BCUT2D eigenvalue weighted by Gasteiger charge is -2.26. The number of aliphatic hydroxyl groups is 2. The molecule has 0 radical (unpaired) electrons. The molecule has 1 aromatic carbocycles. The smallest absolute Gasteiger partial charge is 0.384 e. The van der Waals surface area contributed by atoms with Gasteiger partial charge in [0.25, 0.3) is 0 Å². The molecule has 2 N–H and O–H groups in total. The van der Waals surface area contributed by atoms with Crippen molar-refractivity contribution in [3.63, 3.8) is 0 Å². The van der Waals surface area contributed by atoms with Crippen molar-refractivity contribution in [3.8, 4) is 11.8 Å². The average molecular weight is 310 g/mol. The van der Waals surface area contributed by atoms with Crippen LogP contribution < -0.4 is 0 Å². The molecular formula is C16H16F2O4. The first kappa shape index (κ1) is 16.4. The summed E-state index contributed by atoms with van der Waals surface area (Å²) in [6.45, 7) is 4.81. The predicted octanol–water partition coefficient (Wildman–Crippen LogP) is 1.90. The Hall–Kier alpha value is -1.97. The molecule has 1 aliphatic rings. The Balaban J connectivity index is 2.43. The van der Waals surface area contributed by atoms with Crippen LogP contribution in [-0.4, -0.2) is 27.7 Å². The Labute approximate surface area is 126 Å². The molecule has 2 rings (SSSR count). The van der Waals surface area contributed by atoms with Gasteiger partial charge in [0.15, 0.2) is 0 Å². The maximum Gasteiger partial charge on any atom is 0.384 e. The van der Waals surface area contributed by atoms with E-state index in [2.05, 4.69) is 0 Å². The summed E-state index contributed by atoms with van der Waals surface area (Å²) in [6, 6.07) is 5.42. The van der Waals surface area contributed by atoms with Gasteiger partial charge in [-0.25, -0.2) is 4.79 Å². The molecule has 4 nitrogen and oxygen atoms in total. The minimum Gasteiger partial charge on any atom is -0.450 e. The van der Waals surface area contributed by atoms with Crippen molar-refractivity contribution in [2.24, 2.45) is 0 Å². The van der Waals surface area contributed by atoms with E-state index in [1.54, 1.807) is 20.8 Å². The normalized spacial score (nSPS) is 25.9. The van der Waals surface area contributed by atoms with Gasteiger partial charge in [0.2, 0.25) is 5.60 Å². The number of halogens is 2. The van der Waals surface area contributed by atoms with Crippen LogP contribution in [0.5, 0.6) is 0 Å². The largest absolute Gasteiger partial charge is 0.450 e. The van der Waals surface area contributed by atoms with E-state index in [4.69, 9.17) is 4.74 Å². The lowest BCUT2D eigenvalue weighted by molar-refractivity contribution is -0.197. The van der Waals surface area contributed by atoms with E-state index in [1.165, 1.54) is 24.3 Å². The van der Waals surface area contributed by atoms with Gasteiger partial charge in [-0.15, -0.1) is 0 Å². The Morgan fingerprint density at radius 1 is 1.32 bits per heavy atom. The summed E-state index contributed by atoms with van der Waals surface area (Å²) in [7, 11) is 0. The molecule has 0 aliphatic heterocycles. The predicted molar refractivity (Wildman–Crippen MR) is 73.9 cm³/mol. The van der Waals surface area contributed by atoms with Gasteiger partial charge in [-0.3, -0.25) is 0 Å². The number of benzene rings is 1. The van der Waals surface area contributed by atoms with Gasteiger partial charge in [0.1, 0.15) is 11.7 Å².